The van der Waals surface area contributed by atoms with Gasteiger partial charge in [-0.05, 0) is 45.3 Å². The molecule has 1 rings (SSSR count). The fourth-order valence-corrected chi connectivity index (χ4v) is 1.84. The molecule has 1 saturated heterocycles. The van der Waals surface area contributed by atoms with Crippen LogP contribution < -0.4 is 5.73 Å². The first-order chi connectivity index (χ1) is 6.59. The van der Waals surface area contributed by atoms with Crippen molar-refractivity contribution in [3.63, 3.8) is 0 Å². The Morgan fingerprint density at radius 2 is 2.07 bits per heavy atom. The Morgan fingerprint density at radius 1 is 1.50 bits per heavy atom. The van der Waals surface area contributed by atoms with Gasteiger partial charge in [-0.25, -0.2) is 4.79 Å². The van der Waals surface area contributed by atoms with Crippen molar-refractivity contribution in [2.24, 2.45) is 11.7 Å². The quantitative estimate of drug-likeness (QED) is 0.728. The molecule has 2 N–H and O–H groups in total. The molecule has 0 aromatic rings. The summed E-state index contributed by atoms with van der Waals surface area (Å²) in [6.07, 6.45) is 3.60. The molecule has 0 bridgehead atoms. The van der Waals surface area contributed by atoms with Crippen LogP contribution in [-0.2, 0) is 0 Å². The van der Waals surface area contributed by atoms with Gasteiger partial charge in [0.15, 0.2) is 0 Å². The van der Waals surface area contributed by atoms with E-state index in [9.17, 15) is 4.79 Å². The van der Waals surface area contributed by atoms with Gasteiger partial charge < -0.3 is 15.5 Å². The number of carbonyl (C=O) groups is 1. The van der Waals surface area contributed by atoms with Crippen LogP contribution in [0.1, 0.15) is 19.3 Å². The summed E-state index contributed by atoms with van der Waals surface area (Å²) in [5.74, 6) is 0.771. The molecule has 1 fully saturated rings. The van der Waals surface area contributed by atoms with Gasteiger partial charge in [0.05, 0.1) is 0 Å². The minimum Gasteiger partial charge on any atom is -0.351 e. The Balaban J connectivity index is 2.16. The highest BCUT2D eigenvalue weighted by molar-refractivity contribution is 5.71. The molecule has 4 nitrogen and oxygen atoms in total. The molecule has 0 spiro atoms. The van der Waals surface area contributed by atoms with E-state index in [2.05, 4.69) is 11.9 Å². The molecule has 1 aliphatic heterocycles. The van der Waals surface area contributed by atoms with Crippen molar-refractivity contribution in [3.8, 4) is 0 Å². The number of primary amides is 1. The van der Waals surface area contributed by atoms with Gasteiger partial charge in [0.25, 0.3) is 0 Å². The second-order valence-corrected chi connectivity index (χ2v) is 4.30. The van der Waals surface area contributed by atoms with Gasteiger partial charge in [0.1, 0.15) is 0 Å². The maximum Gasteiger partial charge on any atom is 0.314 e. The highest BCUT2D eigenvalue weighted by Crippen LogP contribution is 2.19. The SMILES string of the molecule is CN1CCC(CCN(C)C(N)=O)CC1. The predicted octanol–water partition coefficient (Wildman–Crippen LogP) is 0.729. The van der Waals surface area contributed by atoms with E-state index in [1.54, 1.807) is 11.9 Å². The number of urea groups is 1. The molecule has 14 heavy (non-hydrogen) atoms. The Morgan fingerprint density at radius 3 is 2.57 bits per heavy atom. The van der Waals surface area contributed by atoms with Crippen molar-refractivity contribution >= 4 is 6.03 Å². The summed E-state index contributed by atoms with van der Waals surface area (Å²) in [5, 5.41) is 0. The molecular weight excluding hydrogens is 178 g/mol. The maximum absolute atomic E-state index is 10.8. The second-order valence-electron chi connectivity index (χ2n) is 4.30. The standard InChI is InChI=1S/C10H21N3O/c1-12-6-3-9(4-7-12)5-8-13(2)10(11)14/h9H,3-8H2,1-2H3,(H2,11,14). The fourth-order valence-electron chi connectivity index (χ4n) is 1.84. The third-order valence-corrected chi connectivity index (χ3v) is 3.09. The minimum atomic E-state index is -0.321. The van der Waals surface area contributed by atoms with E-state index in [0.717, 1.165) is 18.9 Å². The van der Waals surface area contributed by atoms with Crippen molar-refractivity contribution in [2.45, 2.75) is 19.3 Å². The molecule has 1 heterocycles. The Labute approximate surface area is 86.0 Å². The molecule has 0 aliphatic carbocycles. The third kappa shape index (κ3) is 3.54. The number of amides is 2. The number of hydrogen-bond acceptors (Lipinski definition) is 2. The summed E-state index contributed by atoms with van der Waals surface area (Å²) in [6, 6.07) is -0.321. The highest BCUT2D eigenvalue weighted by Gasteiger charge is 2.17. The lowest BCUT2D eigenvalue weighted by molar-refractivity contribution is 0.191. The van der Waals surface area contributed by atoms with Crippen molar-refractivity contribution in [2.75, 3.05) is 33.7 Å². The van der Waals surface area contributed by atoms with Crippen molar-refractivity contribution < 1.29 is 4.79 Å². The van der Waals surface area contributed by atoms with Crippen LogP contribution in [0.3, 0.4) is 0 Å². The van der Waals surface area contributed by atoms with E-state index in [1.807, 2.05) is 0 Å². The molecule has 0 atom stereocenters. The van der Waals surface area contributed by atoms with E-state index in [-0.39, 0.29) is 6.03 Å². The van der Waals surface area contributed by atoms with Crippen LogP contribution in [-0.4, -0.2) is 49.6 Å². The molecule has 0 aromatic carbocycles. The number of hydrogen-bond donors (Lipinski definition) is 1. The van der Waals surface area contributed by atoms with Gasteiger partial charge in [-0.15, -0.1) is 0 Å². The van der Waals surface area contributed by atoms with Crippen molar-refractivity contribution in [1.82, 2.24) is 9.80 Å². The van der Waals surface area contributed by atoms with Gasteiger partial charge in [0, 0.05) is 13.6 Å². The number of carbonyl (C=O) groups excluding carboxylic acids is 1. The topological polar surface area (TPSA) is 49.6 Å². The molecule has 2 amide bonds. The second kappa shape index (κ2) is 5.20. The predicted molar refractivity (Wildman–Crippen MR) is 57.1 cm³/mol. The summed E-state index contributed by atoms with van der Waals surface area (Å²) in [7, 11) is 3.92. The van der Waals surface area contributed by atoms with E-state index in [4.69, 9.17) is 5.73 Å². The average Bonchev–Trinajstić information content (AvgIpc) is 2.16. The van der Waals surface area contributed by atoms with E-state index < -0.39 is 0 Å². The molecule has 0 unspecified atom stereocenters. The lowest BCUT2D eigenvalue weighted by Crippen LogP contribution is -2.35. The number of likely N-dealkylation sites (tertiary alicyclic amines) is 1. The molecule has 0 radical (unpaired) electrons. The van der Waals surface area contributed by atoms with Crippen LogP contribution in [0.25, 0.3) is 0 Å². The fraction of sp³-hybridized carbons (Fsp3) is 0.900. The molecule has 82 valence electrons. The largest absolute Gasteiger partial charge is 0.351 e. The van der Waals surface area contributed by atoms with Gasteiger partial charge >= 0.3 is 6.03 Å². The maximum atomic E-state index is 10.8. The number of nitrogens with two attached hydrogens (primary N) is 1. The number of nitrogens with zero attached hydrogens (tertiary/aromatic N) is 2. The number of piperidine rings is 1. The monoisotopic (exact) mass is 199 g/mol. The molecular formula is C10H21N3O. The van der Waals surface area contributed by atoms with Crippen LogP contribution in [0, 0.1) is 5.92 Å². The van der Waals surface area contributed by atoms with Gasteiger partial charge in [-0.1, -0.05) is 0 Å². The van der Waals surface area contributed by atoms with Crippen LogP contribution in [0.2, 0.25) is 0 Å². The average molecular weight is 199 g/mol. The number of rotatable bonds is 3. The van der Waals surface area contributed by atoms with Crippen LogP contribution in [0.15, 0.2) is 0 Å². The van der Waals surface area contributed by atoms with Gasteiger partial charge in [0.2, 0.25) is 0 Å². The van der Waals surface area contributed by atoms with Crippen LogP contribution in [0.4, 0.5) is 4.79 Å². The van der Waals surface area contributed by atoms with Crippen LogP contribution in [0.5, 0.6) is 0 Å². The zero-order valence-corrected chi connectivity index (χ0v) is 9.20. The third-order valence-electron chi connectivity index (χ3n) is 3.09. The summed E-state index contributed by atoms with van der Waals surface area (Å²) < 4.78 is 0. The van der Waals surface area contributed by atoms with Gasteiger partial charge in [-0.3, -0.25) is 0 Å². The Hall–Kier alpha value is -0.770. The van der Waals surface area contributed by atoms with Crippen molar-refractivity contribution in [1.29, 1.82) is 0 Å². The van der Waals surface area contributed by atoms with Gasteiger partial charge in [-0.2, -0.15) is 0 Å². The zero-order chi connectivity index (χ0) is 10.6. The Bertz CT molecular complexity index is 188. The Kier molecular flexibility index (Phi) is 4.20. The first-order valence-corrected chi connectivity index (χ1v) is 5.28. The first kappa shape index (κ1) is 11.3. The highest BCUT2D eigenvalue weighted by atomic mass is 16.2. The first-order valence-electron chi connectivity index (χ1n) is 5.28. The summed E-state index contributed by atoms with van der Waals surface area (Å²) in [4.78, 5) is 14.7. The van der Waals surface area contributed by atoms with Crippen LogP contribution >= 0.6 is 0 Å². The van der Waals surface area contributed by atoms with E-state index >= 15 is 0 Å². The minimum absolute atomic E-state index is 0.321. The van der Waals surface area contributed by atoms with Crippen molar-refractivity contribution in [3.05, 3.63) is 0 Å². The summed E-state index contributed by atoms with van der Waals surface area (Å²) in [5.41, 5.74) is 5.15. The zero-order valence-electron chi connectivity index (χ0n) is 9.20. The lowest BCUT2D eigenvalue weighted by atomic mass is 9.94. The van der Waals surface area contributed by atoms with E-state index in [1.165, 1.54) is 25.9 Å². The molecule has 0 aromatic heterocycles. The summed E-state index contributed by atoms with van der Waals surface area (Å²) >= 11 is 0. The summed E-state index contributed by atoms with van der Waals surface area (Å²) in [6.45, 7) is 3.17. The molecule has 0 saturated carbocycles. The lowest BCUT2D eigenvalue weighted by Gasteiger charge is -2.29. The molecule has 4 heteroatoms. The smallest absolute Gasteiger partial charge is 0.314 e. The normalized spacial score (nSPS) is 19.6. The van der Waals surface area contributed by atoms with E-state index in [0.29, 0.717) is 0 Å². The molecule has 1 aliphatic rings.